The molecular formula is C13H13ClN2. The van der Waals surface area contributed by atoms with Gasteiger partial charge in [-0.25, -0.2) is 9.97 Å². The van der Waals surface area contributed by atoms with Crippen molar-refractivity contribution in [2.75, 3.05) is 0 Å². The van der Waals surface area contributed by atoms with Gasteiger partial charge in [0, 0.05) is 11.8 Å². The summed E-state index contributed by atoms with van der Waals surface area (Å²) in [5, 5.41) is 0.288. The largest absolute Gasteiger partial charge is 0.226 e. The van der Waals surface area contributed by atoms with Gasteiger partial charge in [-0.05, 0) is 29.1 Å². The van der Waals surface area contributed by atoms with Crippen LogP contribution in [0.1, 0.15) is 25.3 Å². The average Bonchev–Trinajstić information content (AvgIpc) is 2.29. The lowest BCUT2D eigenvalue weighted by atomic mass is 9.95. The summed E-state index contributed by atoms with van der Waals surface area (Å²) in [7, 11) is 0. The third kappa shape index (κ3) is 2.22. The number of hydrogen-bond donors (Lipinski definition) is 0. The molecule has 1 heterocycles. The minimum atomic E-state index is 0.288. The molecule has 0 fully saturated rings. The monoisotopic (exact) mass is 232 g/mol. The molecule has 1 aromatic carbocycles. The Balaban J connectivity index is 2.55. The standard InChI is InChI=1S/C13H13ClN2/c1-9(2)10-5-3-4-6-11(10)12-7-8-15-13(14)16-12/h3-9H,1-2H3. The van der Waals surface area contributed by atoms with Crippen LogP contribution in [0.25, 0.3) is 11.3 Å². The second kappa shape index (κ2) is 4.62. The number of benzene rings is 1. The number of hydrogen-bond acceptors (Lipinski definition) is 2. The van der Waals surface area contributed by atoms with E-state index in [0.717, 1.165) is 11.3 Å². The zero-order valence-corrected chi connectivity index (χ0v) is 10.1. The minimum Gasteiger partial charge on any atom is -0.226 e. The van der Waals surface area contributed by atoms with Gasteiger partial charge in [-0.1, -0.05) is 38.1 Å². The zero-order chi connectivity index (χ0) is 11.5. The molecule has 0 atom stereocenters. The summed E-state index contributed by atoms with van der Waals surface area (Å²) in [6.45, 7) is 4.34. The van der Waals surface area contributed by atoms with Crippen molar-refractivity contribution >= 4 is 11.6 Å². The van der Waals surface area contributed by atoms with E-state index in [1.807, 2.05) is 18.2 Å². The maximum Gasteiger partial charge on any atom is 0.222 e. The van der Waals surface area contributed by atoms with E-state index in [1.54, 1.807) is 6.20 Å². The third-order valence-electron chi connectivity index (χ3n) is 2.48. The van der Waals surface area contributed by atoms with Crippen LogP contribution in [0, 0.1) is 0 Å². The fraction of sp³-hybridized carbons (Fsp3) is 0.231. The number of nitrogens with zero attached hydrogens (tertiary/aromatic N) is 2. The molecule has 3 heteroatoms. The van der Waals surface area contributed by atoms with E-state index in [2.05, 4.69) is 35.9 Å². The molecule has 0 amide bonds. The molecule has 16 heavy (non-hydrogen) atoms. The molecule has 2 nitrogen and oxygen atoms in total. The highest BCUT2D eigenvalue weighted by Gasteiger charge is 2.09. The fourth-order valence-corrected chi connectivity index (χ4v) is 1.87. The van der Waals surface area contributed by atoms with Gasteiger partial charge in [-0.2, -0.15) is 0 Å². The minimum absolute atomic E-state index is 0.288. The molecule has 0 bridgehead atoms. The molecule has 0 aliphatic carbocycles. The maximum absolute atomic E-state index is 5.80. The summed E-state index contributed by atoms with van der Waals surface area (Å²) in [5.74, 6) is 0.463. The summed E-state index contributed by atoms with van der Waals surface area (Å²) in [4.78, 5) is 8.13. The normalized spacial score (nSPS) is 10.8. The van der Waals surface area contributed by atoms with Gasteiger partial charge in [0.05, 0.1) is 5.69 Å². The van der Waals surface area contributed by atoms with E-state index < -0.39 is 0 Å². The molecule has 0 saturated heterocycles. The molecule has 0 aliphatic heterocycles. The van der Waals surface area contributed by atoms with Crippen molar-refractivity contribution in [1.29, 1.82) is 0 Å². The Hall–Kier alpha value is -1.41. The Bertz CT molecular complexity index is 495. The highest BCUT2D eigenvalue weighted by Crippen LogP contribution is 2.27. The van der Waals surface area contributed by atoms with Gasteiger partial charge in [-0.3, -0.25) is 0 Å². The van der Waals surface area contributed by atoms with Gasteiger partial charge in [0.1, 0.15) is 0 Å². The zero-order valence-electron chi connectivity index (χ0n) is 9.31. The first-order chi connectivity index (χ1) is 7.68. The smallest absolute Gasteiger partial charge is 0.222 e. The molecule has 0 saturated carbocycles. The topological polar surface area (TPSA) is 25.8 Å². The van der Waals surface area contributed by atoms with Crippen molar-refractivity contribution in [3.63, 3.8) is 0 Å². The van der Waals surface area contributed by atoms with Crippen molar-refractivity contribution in [3.8, 4) is 11.3 Å². The van der Waals surface area contributed by atoms with Crippen molar-refractivity contribution in [3.05, 3.63) is 47.4 Å². The van der Waals surface area contributed by atoms with E-state index >= 15 is 0 Å². The summed E-state index contributed by atoms with van der Waals surface area (Å²) in [6.07, 6.45) is 1.68. The Morgan fingerprint density at radius 2 is 1.88 bits per heavy atom. The van der Waals surface area contributed by atoms with Gasteiger partial charge >= 0.3 is 0 Å². The molecule has 2 rings (SSSR count). The average molecular weight is 233 g/mol. The van der Waals surface area contributed by atoms with Crippen LogP contribution in [0.5, 0.6) is 0 Å². The molecular weight excluding hydrogens is 220 g/mol. The van der Waals surface area contributed by atoms with Gasteiger partial charge in [0.15, 0.2) is 0 Å². The van der Waals surface area contributed by atoms with Gasteiger partial charge in [0.25, 0.3) is 0 Å². The SMILES string of the molecule is CC(C)c1ccccc1-c1ccnc(Cl)n1. The quantitative estimate of drug-likeness (QED) is 0.734. The lowest BCUT2D eigenvalue weighted by molar-refractivity contribution is 0.867. The fourth-order valence-electron chi connectivity index (χ4n) is 1.72. The first kappa shape index (κ1) is 11.1. The van der Waals surface area contributed by atoms with Crippen molar-refractivity contribution in [1.82, 2.24) is 9.97 Å². The van der Waals surface area contributed by atoms with E-state index in [9.17, 15) is 0 Å². The van der Waals surface area contributed by atoms with Crippen LogP contribution in [0.4, 0.5) is 0 Å². The first-order valence-electron chi connectivity index (χ1n) is 5.26. The van der Waals surface area contributed by atoms with Crippen LogP contribution < -0.4 is 0 Å². The Labute approximate surface area is 100 Å². The Kier molecular flexibility index (Phi) is 3.20. The first-order valence-corrected chi connectivity index (χ1v) is 5.64. The second-order valence-electron chi connectivity index (χ2n) is 3.95. The van der Waals surface area contributed by atoms with Crippen LogP contribution in [-0.4, -0.2) is 9.97 Å². The second-order valence-corrected chi connectivity index (χ2v) is 4.29. The number of rotatable bonds is 2. The van der Waals surface area contributed by atoms with E-state index in [-0.39, 0.29) is 5.28 Å². The van der Waals surface area contributed by atoms with Gasteiger partial charge in [-0.15, -0.1) is 0 Å². The third-order valence-corrected chi connectivity index (χ3v) is 2.67. The van der Waals surface area contributed by atoms with Gasteiger partial charge in [0.2, 0.25) is 5.28 Å². The predicted molar refractivity (Wildman–Crippen MR) is 66.6 cm³/mol. The van der Waals surface area contributed by atoms with Crippen LogP contribution in [0.3, 0.4) is 0 Å². The van der Waals surface area contributed by atoms with Crippen LogP contribution in [0.2, 0.25) is 5.28 Å². The molecule has 0 unspecified atom stereocenters. The van der Waals surface area contributed by atoms with Gasteiger partial charge < -0.3 is 0 Å². The highest BCUT2D eigenvalue weighted by atomic mass is 35.5. The van der Waals surface area contributed by atoms with Crippen molar-refractivity contribution < 1.29 is 0 Å². The number of aromatic nitrogens is 2. The molecule has 0 radical (unpaired) electrons. The summed E-state index contributed by atoms with van der Waals surface area (Å²) in [5.41, 5.74) is 3.28. The van der Waals surface area contributed by atoms with Crippen LogP contribution in [0.15, 0.2) is 36.5 Å². The molecule has 0 aliphatic rings. The highest BCUT2D eigenvalue weighted by molar-refractivity contribution is 6.28. The number of halogens is 1. The molecule has 2 aromatic rings. The molecule has 0 spiro atoms. The summed E-state index contributed by atoms with van der Waals surface area (Å²) in [6, 6.07) is 10.1. The summed E-state index contributed by atoms with van der Waals surface area (Å²) < 4.78 is 0. The van der Waals surface area contributed by atoms with Crippen molar-refractivity contribution in [2.24, 2.45) is 0 Å². The van der Waals surface area contributed by atoms with Crippen molar-refractivity contribution in [2.45, 2.75) is 19.8 Å². The Morgan fingerprint density at radius 3 is 2.56 bits per heavy atom. The lowest BCUT2D eigenvalue weighted by Gasteiger charge is -2.11. The van der Waals surface area contributed by atoms with E-state index in [4.69, 9.17) is 11.6 Å². The molecule has 0 N–H and O–H groups in total. The van der Waals surface area contributed by atoms with E-state index in [1.165, 1.54) is 5.56 Å². The van der Waals surface area contributed by atoms with Crippen LogP contribution in [-0.2, 0) is 0 Å². The van der Waals surface area contributed by atoms with E-state index in [0.29, 0.717) is 5.92 Å². The maximum atomic E-state index is 5.80. The molecule has 82 valence electrons. The molecule has 1 aromatic heterocycles. The Morgan fingerprint density at radius 1 is 1.12 bits per heavy atom. The predicted octanol–water partition coefficient (Wildman–Crippen LogP) is 3.92. The lowest BCUT2D eigenvalue weighted by Crippen LogP contribution is -1.94. The van der Waals surface area contributed by atoms with Crippen LogP contribution >= 0.6 is 11.6 Å². The summed E-state index contributed by atoms with van der Waals surface area (Å²) >= 11 is 5.80.